The number of ether oxygens (including phenoxy) is 18. The number of hydrogen-bond donors (Lipinski definition) is 3. The van der Waals surface area contributed by atoms with Gasteiger partial charge in [-0.1, -0.05) is 52.4 Å². The number of aliphatic hydroxyl groups is 1. The zero-order valence-corrected chi connectivity index (χ0v) is 45.7. The van der Waals surface area contributed by atoms with Gasteiger partial charge in [-0.05, 0) is 26.7 Å². The molecule has 0 aliphatic heterocycles. The van der Waals surface area contributed by atoms with E-state index in [2.05, 4.69) is 13.8 Å². The van der Waals surface area contributed by atoms with E-state index < -0.39 is 16.7 Å². The van der Waals surface area contributed by atoms with Crippen molar-refractivity contribution in [3.05, 3.63) is 0 Å². The molecule has 3 N–H and O–H groups in total. The number of unbranched alkanes of at least 4 members (excludes halogenated alkanes) is 6. The minimum atomic E-state index is -4.67. The standard InChI is InChI=1S/C24H50O10.C24H50O9.H2O4S/c1-3-5-6-7-8-33-23-24(25)34-22-21-32-20-19-31-18-17-30-16-15-29-14-13-28-12-11-27-10-9-26-4-2;1-3-5-6-7-8-26-11-12-28-15-16-30-19-20-32-23-24-33-22-21-31-18-17-29-14-13-27-10-9-25-4-2;1-5(2,3)4/h24-25H,3-23H2,1-2H3;3-24H2,1-2H3;(H2,1,2,3,4). The third-order valence-corrected chi connectivity index (χ3v) is 8.70. The molecule has 0 heterocycles. The molecule has 0 aromatic rings. The van der Waals surface area contributed by atoms with E-state index in [4.69, 9.17) is 103 Å². The van der Waals surface area contributed by atoms with Crippen molar-refractivity contribution in [1.82, 2.24) is 0 Å². The maximum absolute atomic E-state index is 9.65. The quantitative estimate of drug-likeness (QED) is 0.0439. The Hall–Kier alpha value is -0.890. The molecule has 0 aromatic heterocycles. The summed E-state index contributed by atoms with van der Waals surface area (Å²) in [6, 6.07) is 0. The zero-order valence-electron chi connectivity index (χ0n) is 44.9. The highest BCUT2D eigenvalue weighted by Crippen LogP contribution is 2.00. The van der Waals surface area contributed by atoms with Crippen LogP contribution in [0.1, 0.15) is 79.1 Å². The molecule has 0 aliphatic rings. The first kappa shape index (κ1) is 75.3. The van der Waals surface area contributed by atoms with E-state index in [1.807, 2.05) is 13.8 Å². The predicted molar refractivity (Wildman–Crippen MR) is 270 cm³/mol. The minimum Gasteiger partial charge on any atom is -0.379 e. The van der Waals surface area contributed by atoms with Gasteiger partial charge in [-0.15, -0.1) is 0 Å². The van der Waals surface area contributed by atoms with Crippen molar-refractivity contribution in [2.24, 2.45) is 0 Å². The summed E-state index contributed by atoms with van der Waals surface area (Å²) in [6.45, 7) is 27.7. The first-order chi connectivity index (χ1) is 35.2. The molecule has 0 spiro atoms. The van der Waals surface area contributed by atoms with Gasteiger partial charge in [-0.25, -0.2) is 0 Å². The van der Waals surface area contributed by atoms with Gasteiger partial charge in [0.2, 0.25) is 0 Å². The van der Waals surface area contributed by atoms with Gasteiger partial charge in [0, 0.05) is 26.4 Å². The second-order valence-electron chi connectivity index (χ2n) is 14.9. The van der Waals surface area contributed by atoms with E-state index in [1.165, 1.54) is 32.1 Å². The van der Waals surface area contributed by atoms with Gasteiger partial charge in [0.05, 0.1) is 205 Å². The Balaban J connectivity index is -0.00000121. The van der Waals surface area contributed by atoms with E-state index in [0.29, 0.717) is 211 Å². The maximum Gasteiger partial charge on any atom is 0.394 e. The van der Waals surface area contributed by atoms with Crippen LogP contribution in [0, 0.1) is 0 Å². The van der Waals surface area contributed by atoms with Crippen molar-refractivity contribution in [2.75, 3.05) is 231 Å². The van der Waals surface area contributed by atoms with E-state index in [9.17, 15) is 5.11 Å². The summed E-state index contributed by atoms with van der Waals surface area (Å²) in [5.41, 5.74) is 0. The Labute approximate surface area is 433 Å². The highest BCUT2D eigenvalue weighted by molar-refractivity contribution is 7.79. The second-order valence-corrected chi connectivity index (χ2v) is 15.8. The molecule has 0 aromatic carbocycles. The lowest BCUT2D eigenvalue weighted by Crippen LogP contribution is -2.22. The van der Waals surface area contributed by atoms with Gasteiger partial charge < -0.3 is 90.4 Å². The predicted octanol–water partition coefficient (Wildman–Crippen LogP) is 4.14. The summed E-state index contributed by atoms with van der Waals surface area (Å²) in [5.74, 6) is 0. The fourth-order valence-electron chi connectivity index (χ4n) is 5.10. The van der Waals surface area contributed by atoms with Crippen molar-refractivity contribution in [1.29, 1.82) is 0 Å². The van der Waals surface area contributed by atoms with Crippen LogP contribution in [0.15, 0.2) is 0 Å². The van der Waals surface area contributed by atoms with Crippen LogP contribution < -0.4 is 0 Å². The monoisotopic (exact) mass is 1080 g/mol. The van der Waals surface area contributed by atoms with Crippen LogP contribution >= 0.6 is 0 Å². The fraction of sp³-hybridized carbons (Fsp3) is 1.00. The minimum absolute atomic E-state index is 0.194. The lowest BCUT2D eigenvalue weighted by molar-refractivity contribution is -0.147. The number of aliphatic hydroxyl groups excluding tert-OH is 1. The van der Waals surface area contributed by atoms with Crippen molar-refractivity contribution in [3.8, 4) is 0 Å². The molecule has 0 aliphatic carbocycles. The van der Waals surface area contributed by atoms with Crippen LogP contribution in [-0.2, 0) is 95.7 Å². The maximum atomic E-state index is 9.65. The topological polar surface area (TPSA) is 261 Å². The van der Waals surface area contributed by atoms with Crippen LogP contribution in [0.4, 0.5) is 0 Å². The summed E-state index contributed by atoms with van der Waals surface area (Å²) >= 11 is 0. The number of hydrogen-bond acceptors (Lipinski definition) is 21. The average molecular weight is 1080 g/mol. The van der Waals surface area contributed by atoms with Crippen molar-refractivity contribution in [3.63, 3.8) is 0 Å². The first-order valence-electron chi connectivity index (χ1n) is 26.0. The first-order valence-corrected chi connectivity index (χ1v) is 27.4. The molecule has 0 fully saturated rings. The summed E-state index contributed by atoms with van der Waals surface area (Å²) in [7, 11) is -4.67. The molecule has 0 bridgehead atoms. The molecule has 0 rings (SSSR count). The van der Waals surface area contributed by atoms with Crippen LogP contribution in [0.3, 0.4) is 0 Å². The SMILES string of the molecule is CCCCCCOCC(O)OCCOCCOCCOCCOCCOCCOCCOCC.CCCCCCOCCOCCOCCOCCOCCOCCOCCOCCOCC.O=S(=O)(O)O. The van der Waals surface area contributed by atoms with E-state index in [1.54, 1.807) is 0 Å². The normalized spacial score (nSPS) is 11.9. The molecule has 0 radical (unpaired) electrons. The molecule has 0 saturated carbocycles. The lowest BCUT2D eigenvalue weighted by Gasteiger charge is -2.12. The molecular weight excluding hydrogens is 977 g/mol. The summed E-state index contributed by atoms with van der Waals surface area (Å²) < 4.78 is 128. The number of rotatable bonds is 60. The molecule has 23 nitrogen and oxygen atoms in total. The molecule has 0 amide bonds. The van der Waals surface area contributed by atoms with Crippen LogP contribution in [0.25, 0.3) is 0 Å². The van der Waals surface area contributed by atoms with Gasteiger partial charge >= 0.3 is 10.4 Å². The second kappa shape index (κ2) is 70.1. The Morgan fingerprint density at radius 3 is 0.694 bits per heavy atom. The van der Waals surface area contributed by atoms with Crippen molar-refractivity contribution < 1.29 is 108 Å². The molecule has 0 saturated heterocycles. The Morgan fingerprint density at radius 2 is 0.472 bits per heavy atom. The Bertz CT molecular complexity index is 1000. The van der Waals surface area contributed by atoms with Crippen molar-refractivity contribution in [2.45, 2.75) is 85.4 Å². The molecule has 438 valence electrons. The highest BCUT2D eigenvalue weighted by atomic mass is 32.3. The van der Waals surface area contributed by atoms with Gasteiger partial charge in [0.15, 0.2) is 6.29 Å². The Morgan fingerprint density at radius 1 is 0.278 bits per heavy atom. The van der Waals surface area contributed by atoms with E-state index >= 15 is 0 Å². The molecule has 24 heteroatoms. The van der Waals surface area contributed by atoms with Gasteiger partial charge in [-0.3, -0.25) is 9.11 Å². The molecule has 1 atom stereocenters. The molecule has 72 heavy (non-hydrogen) atoms. The van der Waals surface area contributed by atoms with Crippen LogP contribution in [0.5, 0.6) is 0 Å². The van der Waals surface area contributed by atoms with Gasteiger partial charge in [0.1, 0.15) is 0 Å². The largest absolute Gasteiger partial charge is 0.394 e. The fourth-order valence-corrected chi connectivity index (χ4v) is 5.10. The van der Waals surface area contributed by atoms with Crippen molar-refractivity contribution >= 4 is 10.4 Å². The molecular formula is C48H102O23S. The lowest BCUT2D eigenvalue weighted by atomic mass is 10.2. The third kappa shape index (κ3) is 85.8. The molecule has 1 unspecified atom stereocenters. The summed E-state index contributed by atoms with van der Waals surface area (Å²) in [6.07, 6.45) is 8.61. The van der Waals surface area contributed by atoms with E-state index in [0.717, 1.165) is 32.5 Å². The van der Waals surface area contributed by atoms with Crippen LogP contribution in [0.2, 0.25) is 0 Å². The third-order valence-electron chi connectivity index (χ3n) is 8.70. The zero-order chi connectivity index (χ0) is 53.2. The van der Waals surface area contributed by atoms with Crippen LogP contribution in [-0.4, -0.2) is 260 Å². The summed E-state index contributed by atoms with van der Waals surface area (Å²) in [4.78, 5) is 0. The van der Waals surface area contributed by atoms with Gasteiger partial charge in [-0.2, -0.15) is 8.42 Å². The van der Waals surface area contributed by atoms with E-state index in [-0.39, 0.29) is 6.61 Å². The highest BCUT2D eigenvalue weighted by Gasteiger charge is 2.04. The average Bonchev–Trinajstić information content (AvgIpc) is 3.35. The summed E-state index contributed by atoms with van der Waals surface area (Å²) in [5, 5.41) is 9.65. The van der Waals surface area contributed by atoms with Gasteiger partial charge in [0.25, 0.3) is 0 Å². The smallest absolute Gasteiger partial charge is 0.379 e. The Kier molecular flexibility index (Phi) is 73.4.